The minimum absolute atomic E-state index is 0.173. The van der Waals surface area contributed by atoms with Crippen LogP contribution in [0, 0.1) is 0 Å². The van der Waals surface area contributed by atoms with Crippen molar-refractivity contribution in [3.8, 4) is 0 Å². The fourth-order valence-corrected chi connectivity index (χ4v) is 0.715. The Morgan fingerprint density at radius 2 is 2.14 bits per heavy atom. The zero-order chi connectivity index (χ0) is 11.1. The van der Waals surface area contributed by atoms with Gasteiger partial charge < -0.3 is 15.6 Å². The van der Waals surface area contributed by atoms with Gasteiger partial charge in [0, 0.05) is 5.57 Å². The van der Waals surface area contributed by atoms with Gasteiger partial charge in [0.1, 0.15) is 6.04 Å². The summed E-state index contributed by atoms with van der Waals surface area (Å²) in [4.78, 5) is 21.1. The molecule has 0 aromatic heterocycles. The van der Waals surface area contributed by atoms with Crippen LogP contribution in [0.1, 0.15) is 19.8 Å². The molecule has 1 unspecified atom stereocenters. The maximum atomic E-state index is 10.9. The van der Waals surface area contributed by atoms with Gasteiger partial charge in [0.2, 0.25) is 0 Å². The van der Waals surface area contributed by atoms with Crippen molar-refractivity contribution >= 4 is 11.9 Å². The molecule has 0 aliphatic heterocycles. The fourth-order valence-electron chi connectivity index (χ4n) is 0.715. The molecule has 0 heterocycles. The van der Waals surface area contributed by atoms with Crippen LogP contribution < -0.4 is 5.73 Å². The molecule has 0 rings (SSSR count). The summed E-state index contributed by atoms with van der Waals surface area (Å²) in [5.41, 5.74) is 5.56. The van der Waals surface area contributed by atoms with Crippen molar-refractivity contribution in [3.63, 3.8) is 0 Å². The third-order valence-corrected chi connectivity index (χ3v) is 1.56. The first-order valence-electron chi connectivity index (χ1n) is 4.26. The van der Waals surface area contributed by atoms with Gasteiger partial charge in [-0.2, -0.15) is 0 Å². The molecule has 14 heavy (non-hydrogen) atoms. The zero-order valence-electron chi connectivity index (χ0n) is 8.16. The molecule has 5 heteroatoms. The van der Waals surface area contributed by atoms with Crippen LogP contribution in [-0.2, 0) is 14.3 Å². The molecule has 3 N–H and O–H groups in total. The number of carbonyl (C=O) groups is 2. The van der Waals surface area contributed by atoms with Gasteiger partial charge >= 0.3 is 11.9 Å². The summed E-state index contributed by atoms with van der Waals surface area (Å²) in [6, 6.07) is -0.890. The van der Waals surface area contributed by atoms with E-state index in [9.17, 15) is 9.59 Å². The fraction of sp³-hybridized carbons (Fsp3) is 0.556. The second kappa shape index (κ2) is 6.15. The molecule has 0 aromatic carbocycles. The monoisotopic (exact) mass is 201 g/mol. The van der Waals surface area contributed by atoms with Gasteiger partial charge in [0.05, 0.1) is 6.61 Å². The van der Waals surface area contributed by atoms with E-state index in [-0.39, 0.29) is 6.61 Å². The Kier molecular flexibility index (Phi) is 5.55. The van der Waals surface area contributed by atoms with Gasteiger partial charge in [-0.25, -0.2) is 4.79 Å². The average Bonchev–Trinajstić information content (AvgIpc) is 2.11. The van der Waals surface area contributed by atoms with Gasteiger partial charge in [0.15, 0.2) is 0 Å². The predicted octanol–water partition coefficient (Wildman–Crippen LogP) is 0.298. The van der Waals surface area contributed by atoms with Crippen LogP contribution in [0.2, 0.25) is 0 Å². The van der Waals surface area contributed by atoms with Gasteiger partial charge in [-0.3, -0.25) is 4.79 Å². The summed E-state index contributed by atoms with van der Waals surface area (Å²) in [5, 5.41) is 8.43. The van der Waals surface area contributed by atoms with E-state index in [1.54, 1.807) is 6.92 Å². The van der Waals surface area contributed by atoms with Crippen LogP contribution >= 0.6 is 0 Å². The summed E-state index contributed by atoms with van der Waals surface area (Å²) in [6.07, 6.45) is 0.727. The maximum Gasteiger partial charge on any atom is 0.333 e. The summed E-state index contributed by atoms with van der Waals surface area (Å²) >= 11 is 0. The van der Waals surface area contributed by atoms with E-state index in [1.807, 2.05) is 0 Å². The quantitative estimate of drug-likeness (QED) is 0.366. The number of carboxylic acids is 1. The number of esters is 1. The van der Waals surface area contributed by atoms with Crippen molar-refractivity contribution in [2.24, 2.45) is 5.73 Å². The first-order valence-corrected chi connectivity index (χ1v) is 4.26. The lowest BCUT2D eigenvalue weighted by Crippen LogP contribution is -2.30. The summed E-state index contributed by atoms with van der Waals surface area (Å²) in [7, 11) is 0. The molecule has 0 aliphatic rings. The third-order valence-electron chi connectivity index (χ3n) is 1.56. The highest BCUT2D eigenvalue weighted by molar-refractivity contribution is 5.86. The van der Waals surface area contributed by atoms with Crippen molar-refractivity contribution < 1.29 is 19.4 Å². The summed E-state index contributed by atoms with van der Waals surface area (Å²) < 4.78 is 4.75. The van der Waals surface area contributed by atoms with Crippen molar-refractivity contribution in [3.05, 3.63) is 12.2 Å². The van der Waals surface area contributed by atoms with Crippen LogP contribution in [0.25, 0.3) is 0 Å². The molecular formula is C9H15NO4. The predicted molar refractivity (Wildman–Crippen MR) is 50.6 cm³/mol. The molecule has 5 nitrogen and oxygen atoms in total. The molecule has 0 radical (unpaired) electrons. The minimum atomic E-state index is -1.05. The van der Waals surface area contributed by atoms with Gasteiger partial charge in [-0.05, 0) is 19.8 Å². The third kappa shape index (κ3) is 5.31. The van der Waals surface area contributed by atoms with E-state index in [4.69, 9.17) is 15.6 Å². The second-order valence-electron chi connectivity index (χ2n) is 3.00. The number of hydrogen-bond acceptors (Lipinski definition) is 4. The number of ether oxygens (including phenoxy) is 1. The van der Waals surface area contributed by atoms with Crippen LogP contribution in [-0.4, -0.2) is 29.7 Å². The number of carboxylic acid groups (broad SMARTS) is 1. The van der Waals surface area contributed by atoms with Crippen molar-refractivity contribution in [1.82, 2.24) is 0 Å². The molecule has 0 amide bonds. The highest BCUT2D eigenvalue weighted by atomic mass is 16.5. The molecule has 0 bridgehead atoms. The molecule has 80 valence electrons. The number of rotatable bonds is 6. The molecule has 0 fully saturated rings. The molecule has 0 aromatic rings. The first kappa shape index (κ1) is 12.6. The number of aliphatic carboxylic acids is 1. The Bertz CT molecular complexity index is 237. The Labute approximate surface area is 82.5 Å². The van der Waals surface area contributed by atoms with Crippen molar-refractivity contribution in [2.75, 3.05) is 6.61 Å². The molecule has 0 saturated carbocycles. The Balaban J connectivity index is 3.52. The van der Waals surface area contributed by atoms with Crippen molar-refractivity contribution in [1.29, 1.82) is 0 Å². The van der Waals surface area contributed by atoms with Gasteiger partial charge in [-0.1, -0.05) is 6.58 Å². The number of nitrogens with two attached hydrogens (primary N) is 1. The smallest absolute Gasteiger partial charge is 0.333 e. The lowest BCUT2D eigenvalue weighted by molar-refractivity contribution is -0.139. The first-order chi connectivity index (χ1) is 6.45. The van der Waals surface area contributed by atoms with E-state index in [1.165, 1.54) is 0 Å². The van der Waals surface area contributed by atoms with Crippen LogP contribution in [0.15, 0.2) is 12.2 Å². The SMILES string of the molecule is C=C(C)C(=O)OCCCC(N)C(=O)O. The molecule has 0 saturated heterocycles. The summed E-state index contributed by atoms with van der Waals surface area (Å²) in [6.45, 7) is 5.12. The lowest BCUT2D eigenvalue weighted by atomic mass is 10.2. The minimum Gasteiger partial charge on any atom is -0.480 e. The Morgan fingerprint density at radius 1 is 1.57 bits per heavy atom. The van der Waals surface area contributed by atoms with E-state index >= 15 is 0 Å². The highest BCUT2D eigenvalue weighted by Gasteiger charge is 2.11. The van der Waals surface area contributed by atoms with Crippen molar-refractivity contribution in [2.45, 2.75) is 25.8 Å². The number of hydrogen-bond donors (Lipinski definition) is 2. The van der Waals surface area contributed by atoms with E-state index in [0.717, 1.165) is 0 Å². The van der Waals surface area contributed by atoms with Gasteiger partial charge in [-0.15, -0.1) is 0 Å². The van der Waals surface area contributed by atoms with Gasteiger partial charge in [0.25, 0.3) is 0 Å². The van der Waals surface area contributed by atoms with E-state index < -0.39 is 18.0 Å². The van der Waals surface area contributed by atoms with E-state index in [0.29, 0.717) is 18.4 Å². The topological polar surface area (TPSA) is 89.6 Å². The average molecular weight is 201 g/mol. The zero-order valence-corrected chi connectivity index (χ0v) is 8.16. The van der Waals surface area contributed by atoms with E-state index in [2.05, 4.69) is 6.58 Å². The normalized spacial score (nSPS) is 11.9. The second-order valence-corrected chi connectivity index (χ2v) is 3.00. The maximum absolute atomic E-state index is 10.9. The summed E-state index contributed by atoms with van der Waals surface area (Å²) in [5.74, 6) is -1.51. The molecular weight excluding hydrogens is 186 g/mol. The standard InChI is InChI=1S/C9H15NO4/c1-6(2)9(13)14-5-3-4-7(10)8(11)12/h7H,1,3-5,10H2,2H3,(H,11,12). The Hall–Kier alpha value is -1.36. The van der Waals surface area contributed by atoms with Crippen LogP contribution in [0.5, 0.6) is 0 Å². The van der Waals surface area contributed by atoms with Crippen LogP contribution in [0.4, 0.5) is 0 Å². The lowest BCUT2D eigenvalue weighted by Gasteiger charge is -2.06. The molecule has 0 spiro atoms. The largest absolute Gasteiger partial charge is 0.480 e. The van der Waals surface area contributed by atoms with Crippen LogP contribution in [0.3, 0.4) is 0 Å². The highest BCUT2D eigenvalue weighted by Crippen LogP contribution is 1.98. The molecule has 1 atom stereocenters. The Morgan fingerprint density at radius 3 is 2.57 bits per heavy atom. The molecule has 0 aliphatic carbocycles. The number of carbonyl (C=O) groups excluding carboxylic acids is 1.